The lowest BCUT2D eigenvalue weighted by atomic mass is 9.97. The molecule has 110 valence electrons. The van der Waals surface area contributed by atoms with Crippen molar-refractivity contribution in [2.24, 2.45) is 0 Å². The van der Waals surface area contributed by atoms with E-state index in [-0.39, 0.29) is 10.9 Å². The van der Waals surface area contributed by atoms with Crippen LogP contribution in [0.2, 0.25) is 0 Å². The number of hydrogen-bond donors (Lipinski definition) is 0. The van der Waals surface area contributed by atoms with Crippen molar-refractivity contribution in [3.05, 3.63) is 47.0 Å². The fourth-order valence-corrected chi connectivity index (χ4v) is 2.03. The van der Waals surface area contributed by atoms with E-state index >= 15 is 0 Å². The molecule has 0 bridgehead atoms. The number of halogens is 5. The molecule has 0 N–H and O–H groups in total. The van der Waals surface area contributed by atoms with Crippen LogP contribution in [0.5, 0.6) is 0 Å². The van der Waals surface area contributed by atoms with Crippen molar-refractivity contribution in [1.29, 1.82) is 0 Å². The van der Waals surface area contributed by atoms with Gasteiger partial charge in [-0.15, -0.1) is 0 Å². The van der Waals surface area contributed by atoms with E-state index in [9.17, 15) is 22.0 Å². The van der Waals surface area contributed by atoms with Gasteiger partial charge in [0.2, 0.25) is 0 Å². The molecule has 0 radical (unpaired) electrons. The predicted molar refractivity (Wildman–Crippen MR) is 70.7 cm³/mol. The summed E-state index contributed by atoms with van der Waals surface area (Å²) in [6.07, 6.45) is -3.68. The van der Waals surface area contributed by atoms with Crippen molar-refractivity contribution in [2.45, 2.75) is 25.9 Å². The summed E-state index contributed by atoms with van der Waals surface area (Å²) >= 11 is 0. The fourth-order valence-electron chi connectivity index (χ4n) is 2.03. The molecule has 0 aliphatic rings. The lowest BCUT2D eigenvalue weighted by Crippen LogP contribution is -2.10. The van der Waals surface area contributed by atoms with E-state index in [1.807, 2.05) is 6.92 Å². The zero-order chi connectivity index (χ0) is 15.6. The standard InChI is InChI=1S/C16H11F5/c1-2-3-4-5-11-7-6-10-8-9-12(17)15(18)13(10)14(11)16(19,20)21/h6-9H,2-3H2,1H3. The van der Waals surface area contributed by atoms with Crippen molar-refractivity contribution in [1.82, 2.24) is 0 Å². The number of benzene rings is 2. The Morgan fingerprint density at radius 3 is 2.33 bits per heavy atom. The van der Waals surface area contributed by atoms with Gasteiger partial charge in [-0.25, -0.2) is 8.78 Å². The maximum atomic E-state index is 13.8. The topological polar surface area (TPSA) is 0 Å². The maximum absolute atomic E-state index is 13.8. The Morgan fingerprint density at radius 1 is 1.05 bits per heavy atom. The first-order chi connectivity index (χ1) is 9.86. The average Bonchev–Trinajstić information content (AvgIpc) is 2.42. The number of hydrogen-bond acceptors (Lipinski definition) is 0. The van der Waals surface area contributed by atoms with Crippen molar-refractivity contribution in [3.8, 4) is 11.8 Å². The van der Waals surface area contributed by atoms with E-state index in [1.165, 1.54) is 12.1 Å². The van der Waals surface area contributed by atoms with E-state index in [4.69, 9.17) is 0 Å². The van der Waals surface area contributed by atoms with Crippen LogP contribution in [-0.2, 0) is 6.18 Å². The summed E-state index contributed by atoms with van der Waals surface area (Å²) in [5.74, 6) is 2.18. The van der Waals surface area contributed by atoms with Gasteiger partial charge in [0.25, 0.3) is 0 Å². The maximum Gasteiger partial charge on any atom is 0.418 e. The van der Waals surface area contributed by atoms with Crippen LogP contribution in [-0.4, -0.2) is 0 Å². The molecule has 0 amide bonds. The Morgan fingerprint density at radius 2 is 1.71 bits per heavy atom. The van der Waals surface area contributed by atoms with Gasteiger partial charge in [-0.1, -0.05) is 30.9 Å². The molecule has 0 heterocycles. The summed E-state index contributed by atoms with van der Waals surface area (Å²) in [5.41, 5.74) is -1.56. The third-order valence-electron chi connectivity index (χ3n) is 2.96. The second-order valence-electron chi connectivity index (χ2n) is 4.50. The Labute approximate surface area is 118 Å². The fraction of sp³-hybridized carbons (Fsp3) is 0.250. The predicted octanol–water partition coefficient (Wildman–Crippen LogP) is 5.29. The smallest absolute Gasteiger partial charge is 0.204 e. The number of alkyl halides is 3. The Hall–Kier alpha value is -2.09. The van der Waals surface area contributed by atoms with Crippen LogP contribution in [0.15, 0.2) is 24.3 Å². The summed E-state index contributed by atoms with van der Waals surface area (Å²) in [5, 5.41) is -0.784. The number of fused-ring (bicyclic) bond motifs is 1. The number of rotatable bonds is 1. The quantitative estimate of drug-likeness (QED) is 0.496. The second kappa shape index (κ2) is 5.72. The largest absolute Gasteiger partial charge is 0.418 e. The first-order valence-electron chi connectivity index (χ1n) is 6.33. The molecule has 21 heavy (non-hydrogen) atoms. The molecule has 2 rings (SSSR count). The van der Waals surface area contributed by atoms with E-state index in [2.05, 4.69) is 11.8 Å². The molecule has 5 heteroatoms. The zero-order valence-electron chi connectivity index (χ0n) is 11.1. The third-order valence-corrected chi connectivity index (χ3v) is 2.96. The van der Waals surface area contributed by atoms with Crippen LogP contribution in [0, 0.1) is 23.5 Å². The Kier molecular flexibility index (Phi) is 4.17. The van der Waals surface area contributed by atoms with Gasteiger partial charge in [0, 0.05) is 17.4 Å². The first kappa shape index (κ1) is 15.3. The summed E-state index contributed by atoms with van der Waals surface area (Å²) in [7, 11) is 0. The highest BCUT2D eigenvalue weighted by Crippen LogP contribution is 2.38. The lowest BCUT2D eigenvalue weighted by Gasteiger charge is -2.13. The van der Waals surface area contributed by atoms with Crippen LogP contribution in [0.25, 0.3) is 10.8 Å². The van der Waals surface area contributed by atoms with Crippen LogP contribution in [0.3, 0.4) is 0 Å². The third kappa shape index (κ3) is 2.99. The highest BCUT2D eigenvalue weighted by atomic mass is 19.4. The van der Waals surface area contributed by atoms with Gasteiger partial charge < -0.3 is 0 Å². The monoisotopic (exact) mass is 298 g/mol. The molecule has 2 aromatic carbocycles. The Bertz CT molecular complexity index is 732. The second-order valence-corrected chi connectivity index (χ2v) is 4.50. The molecule has 0 aliphatic carbocycles. The first-order valence-corrected chi connectivity index (χ1v) is 6.33. The van der Waals surface area contributed by atoms with Crippen molar-refractivity contribution in [2.75, 3.05) is 0 Å². The van der Waals surface area contributed by atoms with Gasteiger partial charge in [-0.3, -0.25) is 0 Å². The SMILES string of the molecule is CCCC#Cc1ccc2ccc(F)c(F)c2c1C(F)(F)F. The Balaban J connectivity index is 2.83. The summed E-state index contributed by atoms with van der Waals surface area (Å²) < 4.78 is 66.8. The molecule has 0 nitrogen and oxygen atoms in total. The molecule has 2 aromatic rings. The number of unbranched alkanes of at least 4 members (excludes halogenated alkanes) is 1. The van der Waals surface area contributed by atoms with Crippen LogP contribution in [0.4, 0.5) is 22.0 Å². The minimum atomic E-state index is -4.82. The normalized spacial score (nSPS) is 11.3. The van der Waals surface area contributed by atoms with Gasteiger partial charge in [0.15, 0.2) is 11.6 Å². The highest BCUT2D eigenvalue weighted by Gasteiger charge is 2.36. The van der Waals surface area contributed by atoms with E-state index in [1.54, 1.807) is 0 Å². The molecule has 0 unspecified atom stereocenters. The molecule has 0 saturated heterocycles. The van der Waals surface area contributed by atoms with Crippen molar-refractivity contribution >= 4 is 10.8 Å². The van der Waals surface area contributed by atoms with Crippen LogP contribution >= 0.6 is 0 Å². The van der Waals surface area contributed by atoms with Gasteiger partial charge in [-0.2, -0.15) is 13.2 Å². The molecular formula is C16H11F5. The lowest BCUT2D eigenvalue weighted by molar-refractivity contribution is -0.136. The van der Waals surface area contributed by atoms with E-state index < -0.39 is 28.8 Å². The summed E-state index contributed by atoms with van der Waals surface area (Å²) in [4.78, 5) is 0. The molecule has 0 saturated carbocycles. The highest BCUT2D eigenvalue weighted by molar-refractivity contribution is 5.89. The van der Waals surface area contributed by atoms with Crippen LogP contribution < -0.4 is 0 Å². The van der Waals surface area contributed by atoms with Crippen molar-refractivity contribution in [3.63, 3.8) is 0 Å². The van der Waals surface area contributed by atoms with Crippen LogP contribution in [0.1, 0.15) is 30.9 Å². The molecular weight excluding hydrogens is 287 g/mol. The molecule has 0 aliphatic heterocycles. The average molecular weight is 298 g/mol. The van der Waals surface area contributed by atoms with Gasteiger partial charge in [0.1, 0.15) is 0 Å². The molecule has 0 spiro atoms. The van der Waals surface area contributed by atoms with Crippen molar-refractivity contribution < 1.29 is 22.0 Å². The minimum Gasteiger partial charge on any atom is -0.204 e. The minimum absolute atomic E-state index is 0.0118. The summed E-state index contributed by atoms with van der Waals surface area (Å²) in [6.45, 7) is 1.84. The van der Waals surface area contributed by atoms with E-state index in [0.29, 0.717) is 12.8 Å². The van der Waals surface area contributed by atoms with E-state index in [0.717, 1.165) is 12.1 Å². The van der Waals surface area contributed by atoms with Gasteiger partial charge in [-0.05, 0) is 23.9 Å². The molecule has 0 fully saturated rings. The van der Waals surface area contributed by atoms with Gasteiger partial charge in [0.05, 0.1) is 5.56 Å². The molecule has 0 atom stereocenters. The summed E-state index contributed by atoms with van der Waals surface area (Å²) in [6, 6.07) is 4.42. The molecule has 0 aromatic heterocycles. The van der Waals surface area contributed by atoms with Gasteiger partial charge >= 0.3 is 6.18 Å². The zero-order valence-corrected chi connectivity index (χ0v) is 11.1.